The number of fused-ring (bicyclic) bond motifs is 3. The van der Waals surface area contributed by atoms with Gasteiger partial charge in [0.1, 0.15) is 0 Å². The predicted molar refractivity (Wildman–Crippen MR) is 77.6 cm³/mol. The number of rotatable bonds is 3. The van der Waals surface area contributed by atoms with Gasteiger partial charge >= 0.3 is 0 Å². The Labute approximate surface area is 115 Å². The number of piperidine rings is 3. The highest BCUT2D eigenvalue weighted by Crippen LogP contribution is 2.30. The highest BCUT2D eigenvalue weighted by Gasteiger charge is 2.40. The van der Waals surface area contributed by atoms with Crippen LogP contribution in [0.15, 0.2) is 24.3 Å². The lowest BCUT2D eigenvalue weighted by atomic mass is 9.80. The topological polar surface area (TPSA) is 23.6 Å². The first-order chi connectivity index (χ1) is 9.15. The average molecular weight is 258 g/mol. The van der Waals surface area contributed by atoms with E-state index in [1.165, 1.54) is 11.3 Å². The Morgan fingerprint density at radius 3 is 2.32 bits per heavy atom. The summed E-state index contributed by atoms with van der Waals surface area (Å²) in [7, 11) is 4.09. The van der Waals surface area contributed by atoms with E-state index in [-0.39, 0.29) is 6.04 Å². The number of hydrogen-bond donors (Lipinski definition) is 0. The zero-order valence-corrected chi connectivity index (χ0v) is 11.8. The molecule has 3 nitrogen and oxygen atoms in total. The lowest BCUT2D eigenvalue weighted by Gasteiger charge is -2.44. The van der Waals surface area contributed by atoms with Crippen molar-refractivity contribution in [2.45, 2.75) is 25.3 Å². The lowest BCUT2D eigenvalue weighted by molar-refractivity contribution is -0.136. The van der Waals surface area contributed by atoms with Gasteiger partial charge in [-0.3, -0.25) is 9.69 Å². The summed E-state index contributed by atoms with van der Waals surface area (Å²) in [5, 5.41) is 0. The van der Waals surface area contributed by atoms with Gasteiger partial charge in [0.2, 0.25) is 0 Å². The number of ketones is 1. The summed E-state index contributed by atoms with van der Waals surface area (Å²) in [6.45, 7) is 2.22. The van der Waals surface area contributed by atoms with Crippen LogP contribution < -0.4 is 4.90 Å². The molecule has 3 heterocycles. The normalized spacial score (nSPS) is 29.6. The van der Waals surface area contributed by atoms with Crippen molar-refractivity contribution in [1.82, 2.24) is 4.90 Å². The third-order valence-electron chi connectivity index (χ3n) is 4.58. The average Bonchev–Trinajstić information content (AvgIpc) is 2.44. The Kier molecular flexibility index (Phi) is 3.31. The van der Waals surface area contributed by atoms with Crippen molar-refractivity contribution in [3.63, 3.8) is 0 Å². The molecule has 1 aromatic carbocycles. The molecular weight excluding hydrogens is 236 g/mol. The van der Waals surface area contributed by atoms with Crippen LogP contribution in [0, 0.1) is 5.92 Å². The van der Waals surface area contributed by atoms with Crippen LogP contribution in [0.4, 0.5) is 5.69 Å². The molecule has 0 amide bonds. The summed E-state index contributed by atoms with van der Waals surface area (Å²) in [5.74, 6) is 0.824. The van der Waals surface area contributed by atoms with Gasteiger partial charge in [-0.05, 0) is 50.0 Å². The fourth-order valence-electron chi connectivity index (χ4n) is 3.33. The second-order valence-electron chi connectivity index (χ2n) is 5.99. The van der Waals surface area contributed by atoms with Gasteiger partial charge < -0.3 is 4.90 Å². The fraction of sp³-hybridized carbons (Fsp3) is 0.562. The summed E-state index contributed by atoms with van der Waals surface area (Å²) >= 11 is 0. The minimum absolute atomic E-state index is 0.137. The molecule has 102 valence electrons. The largest absolute Gasteiger partial charge is 0.378 e. The molecule has 1 unspecified atom stereocenters. The van der Waals surface area contributed by atoms with Crippen LogP contribution in [0.25, 0.3) is 0 Å². The molecule has 3 aliphatic rings. The van der Waals surface area contributed by atoms with E-state index in [9.17, 15) is 4.79 Å². The van der Waals surface area contributed by atoms with Crippen molar-refractivity contribution in [1.29, 1.82) is 0 Å². The van der Waals surface area contributed by atoms with Crippen molar-refractivity contribution >= 4 is 11.5 Å². The summed E-state index contributed by atoms with van der Waals surface area (Å²) in [4.78, 5) is 16.8. The van der Waals surface area contributed by atoms with Crippen LogP contribution in [-0.2, 0) is 11.2 Å². The minimum atomic E-state index is 0.137. The number of carbonyl (C=O) groups is 1. The van der Waals surface area contributed by atoms with E-state index in [2.05, 4.69) is 34.1 Å². The Morgan fingerprint density at radius 2 is 1.79 bits per heavy atom. The van der Waals surface area contributed by atoms with E-state index >= 15 is 0 Å². The number of carbonyl (C=O) groups excluding carboxylic acids is 1. The first-order valence-corrected chi connectivity index (χ1v) is 7.19. The maximum Gasteiger partial charge on any atom is 0.153 e. The van der Waals surface area contributed by atoms with Crippen molar-refractivity contribution in [3.05, 3.63) is 29.8 Å². The molecule has 0 N–H and O–H groups in total. The molecule has 19 heavy (non-hydrogen) atoms. The first kappa shape index (κ1) is 12.7. The van der Waals surface area contributed by atoms with Crippen LogP contribution in [0.5, 0.6) is 0 Å². The van der Waals surface area contributed by atoms with Gasteiger partial charge in [-0.15, -0.1) is 0 Å². The SMILES string of the molecule is CN(C)c1ccc(CC2C(=O)C3CCN2CC3)cc1. The van der Waals surface area contributed by atoms with Crippen LogP contribution in [0.2, 0.25) is 0 Å². The third kappa shape index (κ3) is 2.39. The molecule has 0 spiro atoms. The predicted octanol–water partition coefficient (Wildman–Crippen LogP) is 1.96. The number of anilines is 1. The molecule has 3 aliphatic heterocycles. The smallest absolute Gasteiger partial charge is 0.153 e. The van der Waals surface area contributed by atoms with E-state index in [0.717, 1.165) is 32.4 Å². The third-order valence-corrected chi connectivity index (χ3v) is 4.58. The maximum absolute atomic E-state index is 12.3. The molecule has 0 aromatic heterocycles. The van der Waals surface area contributed by atoms with E-state index in [4.69, 9.17) is 0 Å². The van der Waals surface area contributed by atoms with Crippen molar-refractivity contribution in [2.24, 2.45) is 5.92 Å². The van der Waals surface area contributed by atoms with Gasteiger partial charge in [0, 0.05) is 25.7 Å². The zero-order valence-electron chi connectivity index (χ0n) is 11.8. The van der Waals surface area contributed by atoms with Crippen molar-refractivity contribution < 1.29 is 4.79 Å². The van der Waals surface area contributed by atoms with Gasteiger partial charge in [0.05, 0.1) is 6.04 Å². The van der Waals surface area contributed by atoms with Crippen LogP contribution in [0.3, 0.4) is 0 Å². The molecule has 1 aromatic rings. The van der Waals surface area contributed by atoms with Gasteiger partial charge in [-0.1, -0.05) is 12.1 Å². The van der Waals surface area contributed by atoms with Gasteiger partial charge in [0.25, 0.3) is 0 Å². The summed E-state index contributed by atoms with van der Waals surface area (Å²) in [6.07, 6.45) is 3.03. The molecule has 0 saturated carbocycles. The molecule has 3 fully saturated rings. The molecule has 4 rings (SSSR count). The first-order valence-electron chi connectivity index (χ1n) is 7.19. The number of hydrogen-bond acceptors (Lipinski definition) is 3. The van der Waals surface area contributed by atoms with Crippen molar-refractivity contribution in [2.75, 3.05) is 32.1 Å². The summed E-state index contributed by atoms with van der Waals surface area (Å²) < 4.78 is 0. The molecule has 0 aliphatic carbocycles. The highest BCUT2D eigenvalue weighted by atomic mass is 16.1. The van der Waals surface area contributed by atoms with E-state index in [1.807, 2.05) is 14.1 Å². The lowest BCUT2D eigenvalue weighted by Crippen LogP contribution is -2.56. The second kappa shape index (κ2) is 4.97. The zero-order chi connectivity index (χ0) is 13.4. The molecule has 3 saturated heterocycles. The van der Waals surface area contributed by atoms with Gasteiger partial charge in [-0.2, -0.15) is 0 Å². The maximum atomic E-state index is 12.3. The van der Waals surface area contributed by atoms with Gasteiger partial charge in [0.15, 0.2) is 5.78 Å². The van der Waals surface area contributed by atoms with E-state index in [1.54, 1.807) is 0 Å². The molecule has 3 heteroatoms. The Hall–Kier alpha value is -1.35. The number of nitrogens with zero attached hydrogens (tertiary/aromatic N) is 2. The Bertz CT molecular complexity index is 458. The number of benzene rings is 1. The molecule has 2 bridgehead atoms. The second-order valence-corrected chi connectivity index (χ2v) is 5.99. The quantitative estimate of drug-likeness (QED) is 0.828. The molecule has 1 atom stereocenters. The summed E-state index contributed by atoms with van der Waals surface area (Å²) in [6, 6.07) is 8.72. The van der Waals surface area contributed by atoms with Crippen LogP contribution in [0.1, 0.15) is 18.4 Å². The highest BCUT2D eigenvalue weighted by molar-refractivity contribution is 5.88. The fourth-order valence-corrected chi connectivity index (χ4v) is 3.33. The van der Waals surface area contributed by atoms with Gasteiger partial charge in [-0.25, -0.2) is 0 Å². The Balaban J connectivity index is 1.72. The standard InChI is InChI=1S/C16H22N2O/c1-17(2)14-5-3-12(4-6-14)11-15-16(19)13-7-9-18(15)10-8-13/h3-6,13,15H,7-11H2,1-2H3. The molecular formula is C16H22N2O. The van der Waals surface area contributed by atoms with E-state index in [0.29, 0.717) is 11.7 Å². The van der Waals surface area contributed by atoms with Crippen LogP contribution >= 0.6 is 0 Å². The number of Topliss-reactive ketones (excluding diaryl/α,β-unsaturated/α-hetero) is 1. The minimum Gasteiger partial charge on any atom is -0.378 e. The van der Waals surface area contributed by atoms with Crippen LogP contribution in [-0.4, -0.2) is 43.9 Å². The Morgan fingerprint density at radius 1 is 1.16 bits per heavy atom. The van der Waals surface area contributed by atoms with E-state index < -0.39 is 0 Å². The monoisotopic (exact) mass is 258 g/mol. The van der Waals surface area contributed by atoms with Crippen molar-refractivity contribution in [3.8, 4) is 0 Å². The molecule has 0 radical (unpaired) electrons. The summed E-state index contributed by atoms with van der Waals surface area (Å²) in [5.41, 5.74) is 2.48.